The topological polar surface area (TPSA) is 17.1 Å². The van der Waals surface area contributed by atoms with E-state index in [1.807, 2.05) is 22.9 Å². The molecule has 2 aromatic heterocycles. The molecular formula is C10H6BrClOS2. The number of Topliss-reactive ketones (excluding diaryl/α,β-unsaturated/α-hetero) is 1. The van der Waals surface area contributed by atoms with Crippen molar-refractivity contribution in [3.8, 4) is 0 Å². The summed E-state index contributed by atoms with van der Waals surface area (Å²) < 4.78 is 0.889. The van der Waals surface area contributed by atoms with Gasteiger partial charge in [-0.15, -0.1) is 22.7 Å². The lowest BCUT2D eigenvalue weighted by Gasteiger charge is -1.97. The summed E-state index contributed by atoms with van der Waals surface area (Å²) in [5.41, 5.74) is 0.740. The van der Waals surface area contributed by atoms with E-state index in [1.54, 1.807) is 0 Å². The molecule has 0 bridgehead atoms. The molecule has 0 saturated heterocycles. The zero-order chi connectivity index (χ0) is 10.8. The second kappa shape index (κ2) is 4.78. The maximum atomic E-state index is 11.9. The van der Waals surface area contributed by atoms with E-state index in [0.717, 1.165) is 14.2 Å². The van der Waals surface area contributed by atoms with Crippen LogP contribution in [0.15, 0.2) is 26.7 Å². The van der Waals surface area contributed by atoms with E-state index in [4.69, 9.17) is 11.6 Å². The van der Waals surface area contributed by atoms with E-state index >= 15 is 0 Å². The Morgan fingerprint density at radius 2 is 2.07 bits per heavy atom. The highest BCUT2D eigenvalue weighted by Gasteiger charge is 2.14. The molecule has 15 heavy (non-hydrogen) atoms. The zero-order valence-corrected chi connectivity index (χ0v) is 11.5. The Hall–Kier alpha value is -0.160. The van der Waals surface area contributed by atoms with Crippen molar-refractivity contribution in [3.63, 3.8) is 0 Å². The van der Waals surface area contributed by atoms with Crippen molar-refractivity contribution in [3.05, 3.63) is 42.1 Å². The molecule has 78 valence electrons. The van der Waals surface area contributed by atoms with E-state index in [0.29, 0.717) is 11.4 Å². The van der Waals surface area contributed by atoms with Crippen LogP contribution in [0, 0.1) is 0 Å². The molecule has 5 heteroatoms. The monoisotopic (exact) mass is 320 g/mol. The van der Waals surface area contributed by atoms with Gasteiger partial charge in [-0.2, -0.15) is 0 Å². The molecule has 0 saturated carbocycles. The minimum atomic E-state index is 0.104. The molecule has 0 unspecified atom stereocenters. The quantitative estimate of drug-likeness (QED) is 0.752. The number of ketones is 1. The van der Waals surface area contributed by atoms with E-state index in [2.05, 4.69) is 15.9 Å². The molecule has 2 rings (SSSR count). The SMILES string of the molecule is O=C(Cc1sccc1Cl)c1ccsc1Br. The first-order chi connectivity index (χ1) is 7.18. The first-order valence-corrected chi connectivity index (χ1v) is 7.09. The molecule has 0 N–H and O–H groups in total. The predicted octanol–water partition coefficient (Wildman–Crippen LogP) is 4.65. The number of hydrogen-bond acceptors (Lipinski definition) is 3. The Kier molecular flexibility index (Phi) is 3.61. The predicted molar refractivity (Wildman–Crippen MR) is 69.4 cm³/mol. The van der Waals surface area contributed by atoms with Crippen molar-refractivity contribution in [2.75, 3.05) is 0 Å². The van der Waals surface area contributed by atoms with Crippen LogP contribution in [0.5, 0.6) is 0 Å². The second-order valence-electron chi connectivity index (χ2n) is 2.90. The number of carbonyl (C=O) groups is 1. The van der Waals surface area contributed by atoms with Gasteiger partial charge in [0.1, 0.15) is 0 Å². The summed E-state index contributed by atoms with van der Waals surface area (Å²) in [5.74, 6) is 0.104. The van der Waals surface area contributed by atoms with Gasteiger partial charge in [0.05, 0.1) is 8.81 Å². The van der Waals surface area contributed by atoms with Crippen LogP contribution in [0.25, 0.3) is 0 Å². The zero-order valence-electron chi connectivity index (χ0n) is 7.50. The second-order valence-corrected chi connectivity index (χ2v) is 6.54. The summed E-state index contributed by atoms with van der Waals surface area (Å²) in [6, 6.07) is 3.65. The summed E-state index contributed by atoms with van der Waals surface area (Å²) in [7, 11) is 0. The number of hydrogen-bond donors (Lipinski definition) is 0. The third-order valence-electron chi connectivity index (χ3n) is 1.93. The Morgan fingerprint density at radius 3 is 2.60 bits per heavy atom. The van der Waals surface area contributed by atoms with Crippen molar-refractivity contribution in [1.29, 1.82) is 0 Å². The lowest BCUT2D eigenvalue weighted by molar-refractivity contribution is 0.0993. The molecule has 0 aliphatic heterocycles. The standard InChI is InChI=1S/C10H6BrClOS2/c11-10-6(1-3-15-10)8(13)5-9-7(12)2-4-14-9/h1-4H,5H2. The van der Waals surface area contributed by atoms with Crippen LogP contribution in [0.2, 0.25) is 5.02 Å². The summed E-state index contributed by atoms with van der Waals surface area (Å²) in [6.45, 7) is 0. The van der Waals surface area contributed by atoms with Crippen molar-refractivity contribution >= 4 is 56.0 Å². The first kappa shape index (κ1) is 11.3. The van der Waals surface area contributed by atoms with Crippen LogP contribution >= 0.6 is 50.2 Å². The third-order valence-corrected chi connectivity index (χ3v) is 5.00. The van der Waals surface area contributed by atoms with Crippen LogP contribution in [0.1, 0.15) is 15.2 Å². The van der Waals surface area contributed by atoms with Gasteiger partial charge in [0.15, 0.2) is 5.78 Å². The molecule has 0 aromatic carbocycles. The summed E-state index contributed by atoms with van der Waals surface area (Å²) >= 11 is 12.3. The molecule has 0 radical (unpaired) electrons. The fourth-order valence-electron chi connectivity index (χ4n) is 1.19. The highest BCUT2D eigenvalue weighted by Crippen LogP contribution is 2.28. The highest BCUT2D eigenvalue weighted by molar-refractivity contribution is 9.11. The Bertz CT molecular complexity index is 489. The van der Waals surface area contributed by atoms with E-state index < -0.39 is 0 Å². The Balaban J connectivity index is 2.18. The molecular weight excluding hydrogens is 316 g/mol. The average Bonchev–Trinajstić information content (AvgIpc) is 2.76. The Labute approximate surface area is 109 Å². The van der Waals surface area contributed by atoms with Gasteiger partial charge < -0.3 is 0 Å². The highest BCUT2D eigenvalue weighted by atomic mass is 79.9. The first-order valence-electron chi connectivity index (χ1n) is 4.16. The van der Waals surface area contributed by atoms with Crippen molar-refractivity contribution in [2.45, 2.75) is 6.42 Å². The molecule has 0 spiro atoms. The van der Waals surface area contributed by atoms with Crippen LogP contribution in [-0.2, 0) is 6.42 Å². The lowest BCUT2D eigenvalue weighted by Crippen LogP contribution is -2.01. The van der Waals surface area contributed by atoms with Crippen LogP contribution in [0.3, 0.4) is 0 Å². The van der Waals surface area contributed by atoms with Crippen molar-refractivity contribution < 1.29 is 4.79 Å². The van der Waals surface area contributed by atoms with Gasteiger partial charge in [-0.05, 0) is 38.8 Å². The van der Waals surface area contributed by atoms with Gasteiger partial charge in [-0.3, -0.25) is 4.79 Å². The minimum Gasteiger partial charge on any atom is -0.294 e. The van der Waals surface area contributed by atoms with Crippen molar-refractivity contribution in [1.82, 2.24) is 0 Å². The molecule has 0 aliphatic rings. The fraction of sp³-hybridized carbons (Fsp3) is 0.100. The molecule has 0 fully saturated rings. The third kappa shape index (κ3) is 2.50. The lowest BCUT2D eigenvalue weighted by atomic mass is 10.1. The summed E-state index contributed by atoms with van der Waals surface area (Å²) in [4.78, 5) is 12.8. The number of rotatable bonds is 3. The van der Waals surface area contributed by atoms with E-state index in [-0.39, 0.29) is 5.78 Å². The van der Waals surface area contributed by atoms with E-state index in [9.17, 15) is 4.79 Å². The maximum absolute atomic E-state index is 11.9. The van der Waals surface area contributed by atoms with E-state index in [1.165, 1.54) is 22.7 Å². The maximum Gasteiger partial charge on any atom is 0.170 e. The molecule has 0 aliphatic carbocycles. The fourth-order valence-corrected chi connectivity index (χ4v) is 3.60. The molecule has 0 atom stereocenters. The minimum absolute atomic E-state index is 0.104. The van der Waals surface area contributed by atoms with Crippen LogP contribution in [0.4, 0.5) is 0 Å². The van der Waals surface area contributed by atoms with Gasteiger partial charge in [0.2, 0.25) is 0 Å². The summed E-state index contributed by atoms with van der Waals surface area (Å²) in [6.07, 6.45) is 0.381. The van der Waals surface area contributed by atoms with Gasteiger partial charge in [-0.1, -0.05) is 11.6 Å². The molecule has 2 heterocycles. The van der Waals surface area contributed by atoms with Gasteiger partial charge >= 0.3 is 0 Å². The van der Waals surface area contributed by atoms with Crippen LogP contribution < -0.4 is 0 Å². The normalized spacial score (nSPS) is 10.5. The molecule has 0 amide bonds. The molecule has 1 nitrogen and oxygen atoms in total. The smallest absolute Gasteiger partial charge is 0.170 e. The van der Waals surface area contributed by atoms with Gasteiger partial charge in [-0.25, -0.2) is 0 Å². The van der Waals surface area contributed by atoms with Crippen molar-refractivity contribution in [2.24, 2.45) is 0 Å². The number of thiophene rings is 2. The average molecular weight is 322 g/mol. The van der Waals surface area contributed by atoms with Gasteiger partial charge in [0, 0.05) is 16.9 Å². The Morgan fingerprint density at radius 1 is 1.33 bits per heavy atom. The van der Waals surface area contributed by atoms with Gasteiger partial charge in [0.25, 0.3) is 0 Å². The summed E-state index contributed by atoms with van der Waals surface area (Å²) in [5, 5.41) is 4.47. The number of halogens is 2. The molecule has 2 aromatic rings. The number of carbonyl (C=O) groups excluding carboxylic acids is 1. The van der Waals surface area contributed by atoms with Crippen LogP contribution in [-0.4, -0.2) is 5.78 Å². The largest absolute Gasteiger partial charge is 0.294 e.